The maximum Gasteiger partial charge on any atom is 0.319 e. The smallest absolute Gasteiger partial charge is 0.319 e. The number of hydrogen-bond donors (Lipinski definition) is 0. The summed E-state index contributed by atoms with van der Waals surface area (Å²) in [4.78, 5) is 88.2. The quantitative estimate of drug-likeness (QED) is 0.132. The Bertz CT molecular complexity index is 3340. The van der Waals surface area contributed by atoms with Gasteiger partial charge in [-0.1, -0.05) is 59.4 Å². The number of rotatable bonds is 13. The maximum absolute atomic E-state index is 15.2. The number of piperazine rings is 2. The first kappa shape index (κ1) is 54.5. The highest BCUT2D eigenvalue weighted by molar-refractivity contribution is 9.10. The number of likely N-dealkylation sites (tertiary alicyclic amines) is 2. The predicted molar refractivity (Wildman–Crippen MR) is 306 cm³/mol. The van der Waals surface area contributed by atoms with Crippen molar-refractivity contribution in [1.82, 2.24) is 39.5 Å². The van der Waals surface area contributed by atoms with Crippen LogP contribution in [0.3, 0.4) is 0 Å². The standard InChI is InChI=1S/C62H69BrN12O6/c1-5-51(76)74-25-23-72(34-43(74)16-20-64)57-47-14-18-61(55(78)53(47)66-59(68-57)80-36-45-10-8-22-70(45)3)29-39-13-12-38(27-41(39)31-61)42-28-46(71(4)33-42)37-81-60-67-54-48(15-19-62(56(54)79)30-40-9-7-11-50(63)49(40)32-62)58(69-60)73-24-26-75(52(77)6-2)44(35-73)17-21-65/h5-7,9,11-13,27,42-46H,1-2,8,10,14-19,22-26,28-37H2,3-4H3. The number of ether oxygens (including phenoxy) is 2. The number of amides is 2. The highest BCUT2D eigenvalue weighted by Gasteiger charge is 2.51. The monoisotopic (exact) mass is 1160 g/mol. The van der Waals surface area contributed by atoms with E-state index in [4.69, 9.17) is 29.4 Å². The van der Waals surface area contributed by atoms with Crippen LogP contribution in [-0.4, -0.2) is 167 Å². The van der Waals surface area contributed by atoms with Crippen molar-refractivity contribution in [3.63, 3.8) is 0 Å². The van der Waals surface area contributed by atoms with Crippen LogP contribution in [0, 0.1) is 33.5 Å². The fraction of sp³-hybridized carbons (Fsp3) is 0.516. The Balaban J connectivity index is 0.769. The van der Waals surface area contributed by atoms with E-state index >= 15 is 4.79 Å². The number of hydrogen-bond acceptors (Lipinski definition) is 16. The Morgan fingerprint density at radius 2 is 1.25 bits per heavy atom. The van der Waals surface area contributed by atoms with Crippen molar-refractivity contribution < 1.29 is 28.7 Å². The molecule has 18 nitrogen and oxygen atoms in total. The minimum atomic E-state index is -0.662. The van der Waals surface area contributed by atoms with Crippen LogP contribution < -0.4 is 19.3 Å². The minimum Gasteiger partial charge on any atom is -0.462 e. The Hall–Kier alpha value is -7.06. The number of ketones is 2. The van der Waals surface area contributed by atoms with Crippen LogP contribution in [0.2, 0.25) is 0 Å². The molecule has 0 N–H and O–H groups in total. The molecule has 2 aromatic heterocycles. The van der Waals surface area contributed by atoms with Crippen LogP contribution in [0.4, 0.5) is 11.6 Å². The van der Waals surface area contributed by atoms with E-state index in [2.05, 4.69) is 99.2 Å². The molecule has 7 unspecified atom stereocenters. The van der Waals surface area contributed by atoms with Crippen LogP contribution >= 0.6 is 15.9 Å². The van der Waals surface area contributed by atoms with Crippen LogP contribution in [0.15, 0.2) is 66.2 Å². The minimum absolute atomic E-state index is 0.00359. The van der Waals surface area contributed by atoms with Crippen LogP contribution in [0.25, 0.3) is 0 Å². The van der Waals surface area contributed by atoms with Gasteiger partial charge in [0.05, 0.1) is 37.1 Å². The molecule has 4 saturated heterocycles. The normalized spacial score (nSPS) is 27.0. The summed E-state index contributed by atoms with van der Waals surface area (Å²) < 4.78 is 14.0. The van der Waals surface area contributed by atoms with Gasteiger partial charge in [-0.3, -0.25) is 24.1 Å². The number of benzene rings is 2. The van der Waals surface area contributed by atoms with Gasteiger partial charge in [-0.15, -0.1) is 0 Å². The molecule has 0 radical (unpaired) electrons. The first-order chi connectivity index (χ1) is 39.2. The molecule has 420 valence electrons. The molecule has 8 aliphatic rings. The SMILES string of the molecule is C=CC(=O)N1CCN(c2nc(OCC3CCCN3C)nc3c2CCC2(Cc4ccc(C5CC(COc6nc7c(c(N8CCN(C(=O)C=C)C(CC#N)C8)n6)CCC6(Cc8cccc(Br)c8C6)C7=O)N(C)C5)cc4C2)C3=O)CC1CC#N. The molecule has 81 heavy (non-hydrogen) atoms. The van der Waals surface area contributed by atoms with Crippen LogP contribution in [0.1, 0.15) is 111 Å². The van der Waals surface area contributed by atoms with Gasteiger partial charge in [-0.25, -0.2) is 0 Å². The average Bonchev–Trinajstić information content (AvgIpc) is 4.45. The summed E-state index contributed by atoms with van der Waals surface area (Å²) >= 11 is 3.75. The zero-order valence-electron chi connectivity index (χ0n) is 46.4. The van der Waals surface area contributed by atoms with E-state index < -0.39 is 10.8 Å². The molecule has 2 aromatic carbocycles. The molecular formula is C62H69BrN12O6. The van der Waals surface area contributed by atoms with E-state index in [9.17, 15) is 24.9 Å². The average molecular weight is 1160 g/mol. The molecule has 2 amide bonds. The molecule has 4 fully saturated rings. The summed E-state index contributed by atoms with van der Waals surface area (Å²) in [5, 5.41) is 19.6. The zero-order chi connectivity index (χ0) is 56.3. The molecule has 6 heterocycles. The van der Waals surface area contributed by atoms with Gasteiger partial charge in [-0.2, -0.15) is 30.5 Å². The summed E-state index contributed by atoms with van der Waals surface area (Å²) in [5.74, 6) is 1.08. The fourth-order valence-corrected chi connectivity index (χ4v) is 15.4. The molecule has 7 atom stereocenters. The van der Waals surface area contributed by atoms with E-state index in [-0.39, 0.29) is 78.3 Å². The van der Waals surface area contributed by atoms with Gasteiger partial charge in [0.25, 0.3) is 0 Å². The number of likely N-dealkylation sites (N-methyl/N-ethyl adjacent to an activating group) is 2. The second kappa shape index (κ2) is 22.0. The summed E-state index contributed by atoms with van der Waals surface area (Å²) in [7, 11) is 4.21. The van der Waals surface area contributed by atoms with Gasteiger partial charge in [0, 0.05) is 84.3 Å². The van der Waals surface area contributed by atoms with Crippen LogP contribution in [0.5, 0.6) is 12.0 Å². The summed E-state index contributed by atoms with van der Waals surface area (Å²) in [6, 6.07) is 17.3. The van der Waals surface area contributed by atoms with E-state index in [1.165, 1.54) is 40.0 Å². The number of nitriles is 2. The van der Waals surface area contributed by atoms with Crippen molar-refractivity contribution in [2.75, 3.05) is 89.5 Å². The summed E-state index contributed by atoms with van der Waals surface area (Å²) in [6.07, 6.45) is 10.8. The number of Topliss-reactive ketones (excluding diaryl/α,β-unsaturated/α-hetero) is 2. The number of anilines is 2. The van der Waals surface area contributed by atoms with Crippen molar-refractivity contribution in [3.8, 4) is 24.2 Å². The predicted octanol–water partition coefficient (Wildman–Crippen LogP) is 6.43. The molecule has 12 rings (SSSR count). The molecule has 4 aliphatic heterocycles. The van der Waals surface area contributed by atoms with Gasteiger partial charge in [-0.05, 0) is 143 Å². The second-order valence-electron chi connectivity index (χ2n) is 24.0. The molecular weight excluding hydrogens is 1090 g/mol. The summed E-state index contributed by atoms with van der Waals surface area (Å²) in [5.41, 5.74) is 7.05. The largest absolute Gasteiger partial charge is 0.462 e. The third-order valence-electron chi connectivity index (χ3n) is 19.4. The van der Waals surface area contributed by atoms with Gasteiger partial charge in [0.2, 0.25) is 11.8 Å². The van der Waals surface area contributed by atoms with E-state index in [1.807, 2.05) is 12.1 Å². The van der Waals surface area contributed by atoms with Crippen molar-refractivity contribution >= 4 is 50.9 Å². The first-order valence-electron chi connectivity index (χ1n) is 28.8. The van der Waals surface area contributed by atoms with E-state index in [1.54, 1.807) is 9.80 Å². The van der Waals surface area contributed by atoms with E-state index in [0.29, 0.717) is 127 Å². The molecule has 2 spiro atoms. The Morgan fingerprint density at radius 3 is 1.80 bits per heavy atom. The Morgan fingerprint density at radius 1 is 0.679 bits per heavy atom. The topological polar surface area (TPSA) is 205 Å². The fourth-order valence-electron chi connectivity index (χ4n) is 14.8. The zero-order valence-corrected chi connectivity index (χ0v) is 48.0. The van der Waals surface area contributed by atoms with Crippen molar-refractivity contribution in [2.24, 2.45) is 10.8 Å². The third kappa shape index (κ3) is 9.96. The lowest BCUT2D eigenvalue weighted by atomic mass is 9.70. The molecule has 4 aliphatic carbocycles. The first-order valence-corrected chi connectivity index (χ1v) is 29.6. The third-order valence-corrected chi connectivity index (χ3v) is 20.1. The van der Waals surface area contributed by atoms with Crippen molar-refractivity contribution in [2.45, 2.75) is 114 Å². The molecule has 0 bridgehead atoms. The second-order valence-corrected chi connectivity index (χ2v) is 24.8. The highest BCUT2D eigenvalue weighted by Crippen LogP contribution is 2.51. The van der Waals surface area contributed by atoms with Crippen LogP contribution in [-0.2, 0) is 48.1 Å². The molecule has 4 aromatic rings. The van der Waals surface area contributed by atoms with Gasteiger partial charge < -0.3 is 34.0 Å². The van der Waals surface area contributed by atoms with Gasteiger partial charge in [0.15, 0.2) is 11.6 Å². The lowest BCUT2D eigenvalue weighted by Gasteiger charge is -2.42. The lowest BCUT2D eigenvalue weighted by molar-refractivity contribution is -0.129. The Kier molecular flexibility index (Phi) is 14.8. The lowest BCUT2D eigenvalue weighted by Crippen LogP contribution is -2.55. The number of nitrogens with zero attached hydrogens (tertiary/aromatic N) is 12. The molecule has 19 heteroatoms. The summed E-state index contributed by atoms with van der Waals surface area (Å²) in [6.45, 7) is 12.4. The van der Waals surface area contributed by atoms with Crippen molar-refractivity contribution in [3.05, 3.63) is 117 Å². The number of aromatic nitrogens is 4. The maximum atomic E-state index is 15.2. The number of halogens is 1. The number of carbonyl (C=O) groups excluding carboxylic acids is 4. The number of carbonyl (C=O) groups is 4. The van der Waals surface area contributed by atoms with Gasteiger partial charge >= 0.3 is 12.0 Å². The Labute approximate surface area is 481 Å². The van der Waals surface area contributed by atoms with E-state index in [0.717, 1.165) is 48.0 Å². The molecule has 0 saturated carbocycles. The van der Waals surface area contributed by atoms with Gasteiger partial charge in [0.1, 0.15) is 36.2 Å². The highest BCUT2D eigenvalue weighted by atomic mass is 79.9. The number of fused-ring (bicyclic) bond motifs is 4. The van der Waals surface area contributed by atoms with Crippen molar-refractivity contribution in [1.29, 1.82) is 10.5 Å².